The van der Waals surface area contributed by atoms with E-state index in [1.807, 2.05) is 50.2 Å². The molecule has 0 atom stereocenters. The summed E-state index contributed by atoms with van der Waals surface area (Å²) in [4.78, 5) is 26.5. The molecular weight excluding hydrogens is 390 g/mol. The highest BCUT2D eigenvalue weighted by molar-refractivity contribution is 8.18. The van der Waals surface area contributed by atoms with Crippen molar-refractivity contribution >= 4 is 29.0 Å². The van der Waals surface area contributed by atoms with E-state index >= 15 is 0 Å². The van der Waals surface area contributed by atoms with Gasteiger partial charge in [-0.2, -0.15) is 0 Å². The van der Waals surface area contributed by atoms with E-state index in [0.717, 1.165) is 23.1 Å². The van der Waals surface area contributed by atoms with Crippen molar-refractivity contribution in [3.63, 3.8) is 0 Å². The highest BCUT2D eigenvalue weighted by atomic mass is 32.2. The van der Waals surface area contributed by atoms with Crippen LogP contribution in [-0.4, -0.2) is 42.4 Å². The fourth-order valence-electron chi connectivity index (χ4n) is 2.74. The number of ether oxygens (including phenoxy) is 3. The van der Waals surface area contributed by atoms with Crippen molar-refractivity contribution in [3.05, 3.63) is 59.0 Å². The van der Waals surface area contributed by atoms with Gasteiger partial charge in [0.1, 0.15) is 12.4 Å². The number of para-hydroxylation sites is 2. The zero-order valence-electron chi connectivity index (χ0n) is 16.6. The van der Waals surface area contributed by atoms with Crippen LogP contribution in [0.3, 0.4) is 0 Å². The lowest BCUT2D eigenvalue weighted by atomic mass is 10.2. The minimum absolute atomic E-state index is 0.0930. The molecule has 1 fully saturated rings. The van der Waals surface area contributed by atoms with Crippen LogP contribution in [0.25, 0.3) is 6.08 Å². The average Bonchev–Trinajstić information content (AvgIpc) is 2.96. The second-order valence-corrected chi connectivity index (χ2v) is 7.56. The minimum Gasteiger partial charge on any atom is -0.493 e. The Morgan fingerprint density at radius 2 is 1.72 bits per heavy atom. The van der Waals surface area contributed by atoms with E-state index in [1.165, 1.54) is 4.90 Å². The normalized spacial score (nSPS) is 15.3. The van der Waals surface area contributed by atoms with Crippen LogP contribution in [0.4, 0.5) is 4.79 Å². The van der Waals surface area contributed by atoms with E-state index in [0.29, 0.717) is 16.4 Å². The summed E-state index contributed by atoms with van der Waals surface area (Å²) in [5.74, 6) is 1.62. The third-order valence-corrected chi connectivity index (χ3v) is 4.97. The fourth-order valence-corrected chi connectivity index (χ4v) is 3.61. The number of nitrogens with zero attached hydrogens (tertiary/aromatic N) is 1. The largest absolute Gasteiger partial charge is 0.493 e. The van der Waals surface area contributed by atoms with Crippen molar-refractivity contribution in [2.45, 2.75) is 20.0 Å². The predicted molar refractivity (Wildman–Crippen MR) is 113 cm³/mol. The van der Waals surface area contributed by atoms with Crippen LogP contribution < -0.4 is 14.2 Å². The number of rotatable bonds is 8. The zero-order chi connectivity index (χ0) is 20.8. The smallest absolute Gasteiger partial charge is 0.293 e. The monoisotopic (exact) mass is 413 g/mol. The van der Waals surface area contributed by atoms with Gasteiger partial charge in [-0.15, -0.1) is 0 Å². The molecule has 0 N–H and O–H groups in total. The number of thioether (sulfide) groups is 1. The SMILES string of the molecule is COc1ccccc1OCCN1C(=O)S/C(=C\c2ccc(OC(C)C)cc2)C1=O. The van der Waals surface area contributed by atoms with Crippen LogP contribution in [-0.2, 0) is 4.79 Å². The second-order valence-electron chi connectivity index (χ2n) is 6.57. The molecule has 0 aliphatic carbocycles. The molecule has 152 valence electrons. The van der Waals surface area contributed by atoms with Crippen LogP contribution in [0.15, 0.2) is 53.4 Å². The molecule has 3 rings (SSSR count). The highest BCUT2D eigenvalue weighted by Gasteiger charge is 2.34. The van der Waals surface area contributed by atoms with E-state index in [2.05, 4.69) is 0 Å². The molecule has 2 amide bonds. The Morgan fingerprint density at radius 1 is 1.03 bits per heavy atom. The average molecular weight is 413 g/mol. The van der Waals surface area contributed by atoms with Gasteiger partial charge < -0.3 is 14.2 Å². The van der Waals surface area contributed by atoms with Crippen molar-refractivity contribution < 1.29 is 23.8 Å². The first-order valence-electron chi connectivity index (χ1n) is 9.26. The molecule has 0 aromatic heterocycles. The van der Waals surface area contributed by atoms with Crippen LogP contribution in [0, 0.1) is 0 Å². The number of carbonyl (C=O) groups excluding carboxylic acids is 2. The van der Waals surface area contributed by atoms with Crippen LogP contribution in [0.5, 0.6) is 17.2 Å². The number of amides is 2. The Balaban J connectivity index is 1.61. The first-order chi connectivity index (χ1) is 14.0. The third kappa shape index (κ3) is 5.32. The van der Waals surface area contributed by atoms with Crippen molar-refractivity contribution in [1.29, 1.82) is 0 Å². The van der Waals surface area contributed by atoms with E-state index in [1.54, 1.807) is 25.3 Å². The lowest BCUT2D eigenvalue weighted by Gasteiger charge is -2.14. The van der Waals surface area contributed by atoms with Gasteiger partial charge in [0.05, 0.1) is 24.7 Å². The summed E-state index contributed by atoms with van der Waals surface area (Å²) in [5, 5.41) is -0.301. The summed E-state index contributed by atoms with van der Waals surface area (Å²) in [6.07, 6.45) is 1.81. The topological polar surface area (TPSA) is 65.1 Å². The summed E-state index contributed by atoms with van der Waals surface area (Å²) >= 11 is 0.932. The number of carbonyl (C=O) groups is 2. The minimum atomic E-state index is -0.314. The number of imide groups is 1. The molecule has 29 heavy (non-hydrogen) atoms. The number of methoxy groups -OCH3 is 1. The van der Waals surface area contributed by atoms with Gasteiger partial charge in [0.2, 0.25) is 0 Å². The molecule has 1 aliphatic rings. The van der Waals surface area contributed by atoms with Crippen molar-refractivity contribution in [2.24, 2.45) is 0 Å². The standard InChI is InChI=1S/C22H23NO5S/c1-15(2)28-17-10-8-16(9-11-17)14-20-21(24)23(22(25)29-20)12-13-27-19-7-5-4-6-18(19)26-3/h4-11,14-15H,12-13H2,1-3H3/b20-14-. The van der Waals surface area contributed by atoms with Gasteiger partial charge in [0, 0.05) is 0 Å². The maximum absolute atomic E-state index is 12.6. The van der Waals surface area contributed by atoms with Crippen LogP contribution >= 0.6 is 11.8 Å². The molecule has 1 saturated heterocycles. The fraction of sp³-hybridized carbons (Fsp3) is 0.273. The summed E-state index contributed by atoms with van der Waals surface area (Å²) in [6.45, 7) is 4.27. The molecule has 0 saturated carbocycles. The summed E-state index contributed by atoms with van der Waals surface area (Å²) in [5.41, 5.74) is 0.830. The molecule has 1 aliphatic heterocycles. The Hall–Kier alpha value is -2.93. The molecule has 0 unspecified atom stereocenters. The highest BCUT2D eigenvalue weighted by Crippen LogP contribution is 2.32. The number of hydrogen-bond donors (Lipinski definition) is 0. The second kappa shape index (κ2) is 9.52. The Labute approximate surface area is 174 Å². The molecule has 6 nitrogen and oxygen atoms in total. The molecule has 2 aromatic carbocycles. The predicted octanol–water partition coefficient (Wildman–Crippen LogP) is 4.60. The van der Waals surface area contributed by atoms with E-state index in [9.17, 15) is 9.59 Å². The van der Waals surface area contributed by atoms with Crippen molar-refractivity contribution in [2.75, 3.05) is 20.3 Å². The first-order valence-corrected chi connectivity index (χ1v) is 10.1. The van der Waals surface area contributed by atoms with Crippen molar-refractivity contribution in [3.8, 4) is 17.2 Å². The van der Waals surface area contributed by atoms with Gasteiger partial charge in [-0.25, -0.2) is 0 Å². The van der Waals surface area contributed by atoms with Gasteiger partial charge >= 0.3 is 0 Å². The van der Waals surface area contributed by atoms with Gasteiger partial charge in [-0.1, -0.05) is 24.3 Å². The number of hydrogen-bond acceptors (Lipinski definition) is 6. The molecular formula is C22H23NO5S. The van der Waals surface area contributed by atoms with E-state index in [-0.39, 0.29) is 30.4 Å². The maximum atomic E-state index is 12.6. The molecule has 1 heterocycles. The molecule has 0 bridgehead atoms. The summed E-state index contributed by atoms with van der Waals surface area (Å²) < 4.78 is 16.5. The quantitative estimate of drug-likeness (QED) is 0.590. The molecule has 0 spiro atoms. The van der Waals surface area contributed by atoms with Crippen LogP contribution in [0.2, 0.25) is 0 Å². The van der Waals surface area contributed by atoms with Crippen LogP contribution in [0.1, 0.15) is 19.4 Å². The summed E-state index contributed by atoms with van der Waals surface area (Å²) in [7, 11) is 1.56. The Kier molecular flexibility index (Phi) is 6.82. The van der Waals surface area contributed by atoms with E-state index in [4.69, 9.17) is 14.2 Å². The van der Waals surface area contributed by atoms with Gasteiger partial charge in [-0.05, 0) is 61.5 Å². The van der Waals surface area contributed by atoms with Gasteiger partial charge in [0.25, 0.3) is 11.1 Å². The first kappa shape index (κ1) is 20.8. The molecule has 7 heteroatoms. The third-order valence-electron chi connectivity index (χ3n) is 4.06. The molecule has 2 aromatic rings. The van der Waals surface area contributed by atoms with Crippen molar-refractivity contribution in [1.82, 2.24) is 4.90 Å². The lowest BCUT2D eigenvalue weighted by molar-refractivity contribution is -0.123. The maximum Gasteiger partial charge on any atom is 0.293 e. The summed E-state index contributed by atoms with van der Waals surface area (Å²) in [6, 6.07) is 14.6. The van der Waals surface area contributed by atoms with Gasteiger partial charge in [-0.3, -0.25) is 14.5 Å². The molecule has 0 radical (unpaired) electrons. The lowest BCUT2D eigenvalue weighted by Crippen LogP contribution is -2.32. The number of benzene rings is 2. The Morgan fingerprint density at radius 3 is 2.38 bits per heavy atom. The van der Waals surface area contributed by atoms with Gasteiger partial charge in [0.15, 0.2) is 11.5 Å². The zero-order valence-corrected chi connectivity index (χ0v) is 17.4. The van der Waals surface area contributed by atoms with E-state index < -0.39 is 0 Å². The Bertz CT molecular complexity index is 908.